The van der Waals surface area contributed by atoms with E-state index in [0.717, 1.165) is 27.8 Å². The second kappa shape index (κ2) is 7.32. The van der Waals surface area contributed by atoms with Gasteiger partial charge in [-0.3, -0.25) is 0 Å². The van der Waals surface area contributed by atoms with E-state index in [-0.39, 0.29) is 0 Å². The summed E-state index contributed by atoms with van der Waals surface area (Å²) in [6.45, 7) is 4.01. The number of nitrogens with zero attached hydrogens (tertiary/aromatic N) is 1. The van der Waals surface area contributed by atoms with E-state index < -0.39 is 0 Å². The summed E-state index contributed by atoms with van der Waals surface area (Å²) < 4.78 is 0. The van der Waals surface area contributed by atoms with Gasteiger partial charge in [-0.2, -0.15) is 0 Å². The fraction of sp³-hybridized carbons (Fsp3) is 0. The van der Waals surface area contributed by atoms with Crippen LogP contribution in [-0.4, -0.2) is 11.9 Å². The van der Waals surface area contributed by atoms with Gasteiger partial charge in [0.1, 0.15) is 0 Å². The molecule has 0 aliphatic rings. The average molecular weight is 331 g/mol. The summed E-state index contributed by atoms with van der Waals surface area (Å²) in [5, 5.41) is 0. The summed E-state index contributed by atoms with van der Waals surface area (Å²) >= 11 is 0. The van der Waals surface area contributed by atoms with Crippen LogP contribution in [0, 0.1) is 0 Å². The fourth-order valence-electron chi connectivity index (χ4n) is 3.30. The van der Waals surface area contributed by atoms with Gasteiger partial charge in [-0.05, 0) is 0 Å². The van der Waals surface area contributed by atoms with E-state index >= 15 is 0 Å². The van der Waals surface area contributed by atoms with E-state index in [9.17, 15) is 0 Å². The molecule has 2 heteroatoms. The molecule has 1 aromatic heterocycles. The first-order chi connectivity index (χ1) is 12.9. The van der Waals surface area contributed by atoms with Crippen LogP contribution in [0.3, 0.4) is 0 Å². The van der Waals surface area contributed by atoms with Crippen LogP contribution < -0.4 is 0 Å². The third-order valence-corrected chi connectivity index (χ3v) is 4.50. The van der Waals surface area contributed by atoms with E-state index in [1.165, 1.54) is 11.1 Å². The topological polar surface area (TPSA) is 12.9 Å². The number of rotatable bonds is 4. The molecule has 0 aliphatic heterocycles. The molecule has 0 N–H and O–H groups in total. The Balaban J connectivity index is 2.11. The molecule has 0 fully saturated rings. The molecule has 0 bridgehead atoms. The summed E-state index contributed by atoms with van der Waals surface area (Å²) in [5.74, 6) is 0. The van der Waals surface area contributed by atoms with Crippen molar-refractivity contribution < 1.29 is 0 Å². The van der Waals surface area contributed by atoms with Crippen molar-refractivity contribution in [3.05, 3.63) is 103 Å². The zero-order valence-electron chi connectivity index (χ0n) is 14.5. The zero-order valence-corrected chi connectivity index (χ0v) is 14.5. The van der Waals surface area contributed by atoms with Crippen LogP contribution in [0.25, 0.3) is 39.6 Å². The molecule has 4 aromatic rings. The van der Waals surface area contributed by atoms with Crippen molar-refractivity contribution in [2.75, 3.05) is 0 Å². The van der Waals surface area contributed by atoms with Gasteiger partial charge in [-0.15, -0.1) is 0 Å². The Labute approximate surface area is 154 Å². The molecule has 122 valence electrons. The van der Waals surface area contributed by atoms with Crippen molar-refractivity contribution >= 4 is 13.1 Å². The molecule has 0 radical (unpaired) electrons. The summed E-state index contributed by atoms with van der Waals surface area (Å²) in [4.78, 5) is 4.81. The second-order valence-corrected chi connectivity index (χ2v) is 6.11. The molecule has 26 heavy (non-hydrogen) atoms. The van der Waals surface area contributed by atoms with Gasteiger partial charge in [-0.25, -0.2) is 0 Å². The zero-order chi connectivity index (χ0) is 17.8. The number of benzene rings is 3. The molecule has 4 rings (SSSR count). The van der Waals surface area contributed by atoms with Crippen molar-refractivity contribution in [2.45, 2.75) is 0 Å². The third-order valence-electron chi connectivity index (χ3n) is 4.50. The number of aromatic nitrogens is 1. The average Bonchev–Trinajstić information content (AvgIpc) is 2.74. The molecule has 0 spiro atoms. The molecular weight excluding hydrogens is 313 g/mol. The second-order valence-electron chi connectivity index (χ2n) is 6.11. The standard InChI is InChI=1S/C24H18BN/c1-2-21-22(18-12-6-3-7-13-18)23(19-14-8-4-9-15-19)24(26-25-21)20-16-10-5-11-17-20/h2-17H,1H2. The quantitative estimate of drug-likeness (QED) is 0.443. The maximum atomic E-state index is 4.81. The maximum absolute atomic E-state index is 4.81. The van der Waals surface area contributed by atoms with Gasteiger partial charge in [0.05, 0.1) is 0 Å². The monoisotopic (exact) mass is 331 g/mol. The molecule has 0 saturated carbocycles. The Hall–Kier alpha value is -3.26. The van der Waals surface area contributed by atoms with Gasteiger partial charge in [0.25, 0.3) is 0 Å². The van der Waals surface area contributed by atoms with Crippen LogP contribution in [0.2, 0.25) is 0 Å². The van der Waals surface area contributed by atoms with Gasteiger partial charge >= 0.3 is 155 Å². The van der Waals surface area contributed by atoms with Crippen LogP contribution in [0.5, 0.6) is 0 Å². The van der Waals surface area contributed by atoms with Crippen molar-refractivity contribution in [1.82, 2.24) is 4.89 Å². The van der Waals surface area contributed by atoms with Crippen molar-refractivity contribution in [3.63, 3.8) is 0 Å². The fourth-order valence-corrected chi connectivity index (χ4v) is 3.30. The molecule has 3 aromatic carbocycles. The Morgan fingerprint density at radius 3 is 1.58 bits per heavy atom. The van der Waals surface area contributed by atoms with E-state index in [1.807, 2.05) is 31.3 Å². The Morgan fingerprint density at radius 1 is 0.615 bits per heavy atom. The van der Waals surface area contributed by atoms with Crippen molar-refractivity contribution in [1.29, 1.82) is 0 Å². The summed E-state index contributed by atoms with van der Waals surface area (Å²) in [6, 6.07) is 31.3. The predicted molar refractivity (Wildman–Crippen MR) is 112 cm³/mol. The SMILES string of the molecule is C=Cc1bnc(-c2ccccc2)c(-c2ccccc2)c1-c1ccccc1. The van der Waals surface area contributed by atoms with Gasteiger partial charge < -0.3 is 0 Å². The van der Waals surface area contributed by atoms with E-state index in [2.05, 4.69) is 79.4 Å². The van der Waals surface area contributed by atoms with Crippen LogP contribution >= 0.6 is 0 Å². The first kappa shape index (κ1) is 16.2. The van der Waals surface area contributed by atoms with Crippen LogP contribution in [0.15, 0.2) is 97.6 Å². The molecule has 1 heterocycles. The molecule has 0 amide bonds. The summed E-state index contributed by atoms with van der Waals surface area (Å²) in [6.07, 6.45) is 1.89. The van der Waals surface area contributed by atoms with Gasteiger partial charge in [0, 0.05) is 0 Å². The number of hydrogen-bond donors (Lipinski definition) is 0. The molecule has 1 nitrogen and oxygen atoms in total. The van der Waals surface area contributed by atoms with Crippen LogP contribution in [0.4, 0.5) is 0 Å². The van der Waals surface area contributed by atoms with Crippen molar-refractivity contribution in [2.24, 2.45) is 0 Å². The minimum atomic E-state index is 0.987. The first-order valence-corrected chi connectivity index (χ1v) is 8.70. The predicted octanol–water partition coefficient (Wildman–Crippen LogP) is 6.06. The van der Waals surface area contributed by atoms with E-state index in [1.54, 1.807) is 0 Å². The van der Waals surface area contributed by atoms with Crippen LogP contribution in [-0.2, 0) is 0 Å². The summed E-state index contributed by atoms with van der Waals surface area (Å²) in [7, 11) is 1.92. The normalized spacial score (nSPS) is 10.3. The Kier molecular flexibility index (Phi) is 4.57. The Bertz CT molecular complexity index is 1030. The molecule has 0 aliphatic carbocycles. The molecule has 0 atom stereocenters. The van der Waals surface area contributed by atoms with Crippen molar-refractivity contribution in [3.8, 4) is 33.5 Å². The molecule has 0 unspecified atom stereocenters. The number of hydrogen-bond acceptors (Lipinski definition) is 1. The van der Waals surface area contributed by atoms with E-state index in [0.29, 0.717) is 0 Å². The van der Waals surface area contributed by atoms with Crippen LogP contribution in [0.1, 0.15) is 5.46 Å². The van der Waals surface area contributed by atoms with E-state index in [4.69, 9.17) is 4.89 Å². The van der Waals surface area contributed by atoms with Gasteiger partial charge in [-0.1, -0.05) is 0 Å². The molecular formula is C24H18BN. The minimum absolute atomic E-state index is 0.987. The first-order valence-electron chi connectivity index (χ1n) is 8.70. The third kappa shape index (κ3) is 3.02. The Morgan fingerprint density at radius 2 is 1.08 bits per heavy atom. The van der Waals surface area contributed by atoms with Gasteiger partial charge in [0.15, 0.2) is 0 Å². The summed E-state index contributed by atoms with van der Waals surface area (Å²) in [5.41, 5.74) is 7.76. The van der Waals surface area contributed by atoms with Gasteiger partial charge in [0.2, 0.25) is 0 Å². The molecule has 0 saturated heterocycles.